The molecule has 1 aromatic carbocycles. The van der Waals surface area contributed by atoms with Gasteiger partial charge >= 0.3 is 6.18 Å². The van der Waals surface area contributed by atoms with Crippen molar-refractivity contribution in [2.75, 3.05) is 16.8 Å². The number of halogens is 4. The standard InChI is InChI=1S/C15H11ClF3N3O2S/c16-9-2-1-3-10(5-9)22-6-8(4-12(22)23)13(24)21-14-20-11(7-25-14)15(17,18)19/h1-3,5,7-8H,4,6H2,(H,20,21,24). The Labute approximate surface area is 149 Å². The van der Waals surface area contributed by atoms with E-state index in [1.165, 1.54) is 4.90 Å². The van der Waals surface area contributed by atoms with Gasteiger partial charge in [0, 0.05) is 29.1 Å². The topological polar surface area (TPSA) is 62.3 Å². The summed E-state index contributed by atoms with van der Waals surface area (Å²) in [6.07, 6.45) is -4.60. The first kappa shape index (κ1) is 17.7. The number of hydrogen-bond acceptors (Lipinski definition) is 4. The molecular weight excluding hydrogens is 379 g/mol. The van der Waals surface area contributed by atoms with Gasteiger partial charge in [0.1, 0.15) is 0 Å². The zero-order chi connectivity index (χ0) is 18.2. The highest BCUT2D eigenvalue weighted by Gasteiger charge is 2.37. The Morgan fingerprint density at radius 3 is 2.80 bits per heavy atom. The molecule has 25 heavy (non-hydrogen) atoms. The lowest BCUT2D eigenvalue weighted by atomic mass is 10.1. The molecule has 10 heteroatoms. The minimum atomic E-state index is -4.56. The van der Waals surface area contributed by atoms with Crippen LogP contribution in [0.3, 0.4) is 0 Å². The molecule has 0 bridgehead atoms. The number of carbonyl (C=O) groups excluding carboxylic acids is 2. The van der Waals surface area contributed by atoms with Gasteiger partial charge in [0.15, 0.2) is 10.8 Å². The predicted octanol–water partition coefficient (Wildman–Crippen LogP) is 3.81. The Morgan fingerprint density at radius 1 is 1.40 bits per heavy atom. The molecule has 1 N–H and O–H groups in total. The van der Waals surface area contributed by atoms with E-state index >= 15 is 0 Å². The molecule has 0 radical (unpaired) electrons. The first-order valence-electron chi connectivity index (χ1n) is 7.13. The third-order valence-electron chi connectivity index (χ3n) is 3.64. The van der Waals surface area contributed by atoms with Crippen LogP contribution in [0.1, 0.15) is 12.1 Å². The molecule has 0 saturated carbocycles. The molecule has 2 amide bonds. The summed E-state index contributed by atoms with van der Waals surface area (Å²) in [6.45, 7) is 0.127. The Kier molecular flexibility index (Phi) is 4.70. The normalized spacial score (nSPS) is 17.8. The van der Waals surface area contributed by atoms with Gasteiger partial charge < -0.3 is 10.2 Å². The number of nitrogens with zero attached hydrogens (tertiary/aromatic N) is 2. The summed E-state index contributed by atoms with van der Waals surface area (Å²) in [7, 11) is 0. The van der Waals surface area contributed by atoms with Crippen LogP contribution in [0.15, 0.2) is 29.6 Å². The monoisotopic (exact) mass is 389 g/mol. The number of amides is 2. The first-order valence-corrected chi connectivity index (χ1v) is 8.39. The predicted molar refractivity (Wildman–Crippen MR) is 87.7 cm³/mol. The van der Waals surface area contributed by atoms with Crippen molar-refractivity contribution in [1.82, 2.24) is 4.98 Å². The van der Waals surface area contributed by atoms with E-state index in [1.54, 1.807) is 24.3 Å². The second kappa shape index (κ2) is 6.64. The molecule has 0 spiro atoms. The maximum absolute atomic E-state index is 12.5. The number of anilines is 2. The van der Waals surface area contributed by atoms with Crippen LogP contribution in [0.25, 0.3) is 0 Å². The van der Waals surface area contributed by atoms with Gasteiger partial charge in [-0.1, -0.05) is 17.7 Å². The highest BCUT2D eigenvalue weighted by molar-refractivity contribution is 7.13. The van der Waals surface area contributed by atoms with Crippen LogP contribution in [-0.4, -0.2) is 23.3 Å². The molecule has 1 atom stereocenters. The Balaban J connectivity index is 1.68. The van der Waals surface area contributed by atoms with Gasteiger partial charge in [-0.15, -0.1) is 11.3 Å². The van der Waals surface area contributed by atoms with E-state index in [-0.39, 0.29) is 24.0 Å². The number of carbonyl (C=O) groups is 2. The molecule has 1 aliphatic rings. The molecule has 1 unspecified atom stereocenters. The van der Waals surface area contributed by atoms with Crippen molar-refractivity contribution in [1.29, 1.82) is 0 Å². The molecule has 5 nitrogen and oxygen atoms in total. The van der Waals surface area contributed by atoms with Gasteiger partial charge in [0.25, 0.3) is 0 Å². The van der Waals surface area contributed by atoms with Crippen LogP contribution < -0.4 is 10.2 Å². The van der Waals surface area contributed by atoms with Crippen LogP contribution in [0.2, 0.25) is 5.02 Å². The fourth-order valence-corrected chi connectivity index (χ4v) is 3.35. The minimum Gasteiger partial charge on any atom is -0.312 e. The first-order chi connectivity index (χ1) is 11.7. The summed E-state index contributed by atoms with van der Waals surface area (Å²) in [4.78, 5) is 29.1. The molecule has 1 fully saturated rings. The SMILES string of the molecule is O=C(Nc1nc(C(F)(F)F)cs1)C1CC(=O)N(c2cccc(Cl)c2)C1. The van der Waals surface area contributed by atoms with Crippen molar-refractivity contribution < 1.29 is 22.8 Å². The second-order valence-electron chi connectivity index (χ2n) is 5.41. The van der Waals surface area contributed by atoms with Crippen LogP contribution >= 0.6 is 22.9 Å². The van der Waals surface area contributed by atoms with Gasteiger partial charge in [0.05, 0.1) is 5.92 Å². The molecule has 0 aliphatic carbocycles. The molecule has 1 saturated heterocycles. The van der Waals surface area contributed by atoms with Gasteiger partial charge in [-0.05, 0) is 18.2 Å². The molecule has 1 aromatic heterocycles. The van der Waals surface area contributed by atoms with Crippen molar-refractivity contribution >= 4 is 45.6 Å². The van der Waals surface area contributed by atoms with E-state index < -0.39 is 23.7 Å². The van der Waals surface area contributed by atoms with Gasteiger partial charge in [0.2, 0.25) is 11.8 Å². The molecular formula is C15H11ClF3N3O2S. The van der Waals surface area contributed by atoms with Crippen molar-refractivity contribution in [3.8, 4) is 0 Å². The molecule has 3 rings (SSSR count). The van der Waals surface area contributed by atoms with Crippen molar-refractivity contribution in [3.05, 3.63) is 40.4 Å². The lowest BCUT2D eigenvalue weighted by molar-refractivity contribution is -0.140. The van der Waals surface area contributed by atoms with E-state index in [1.807, 2.05) is 0 Å². The summed E-state index contributed by atoms with van der Waals surface area (Å²) in [5.74, 6) is -1.47. The van der Waals surface area contributed by atoms with Crippen LogP contribution in [0, 0.1) is 5.92 Å². The number of alkyl halides is 3. The molecule has 132 valence electrons. The van der Waals surface area contributed by atoms with Crippen molar-refractivity contribution in [2.24, 2.45) is 5.92 Å². The molecule has 1 aliphatic heterocycles. The molecule has 2 heterocycles. The average Bonchev–Trinajstić information content (AvgIpc) is 3.13. The molecule has 2 aromatic rings. The third kappa shape index (κ3) is 3.93. The fourth-order valence-electron chi connectivity index (χ4n) is 2.45. The Morgan fingerprint density at radius 2 is 2.16 bits per heavy atom. The number of rotatable bonds is 3. The van der Waals surface area contributed by atoms with Crippen LogP contribution in [0.4, 0.5) is 24.0 Å². The third-order valence-corrected chi connectivity index (χ3v) is 4.63. The van der Waals surface area contributed by atoms with Crippen molar-refractivity contribution in [2.45, 2.75) is 12.6 Å². The van der Waals surface area contributed by atoms with E-state index in [0.29, 0.717) is 22.0 Å². The lowest BCUT2D eigenvalue weighted by Crippen LogP contribution is -2.28. The zero-order valence-electron chi connectivity index (χ0n) is 12.5. The smallest absolute Gasteiger partial charge is 0.312 e. The number of aromatic nitrogens is 1. The maximum Gasteiger partial charge on any atom is 0.434 e. The summed E-state index contributed by atoms with van der Waals surface area (Å²) >= 11 is 6.58. The maximum atomic E-state index is 12.5. The quantitative estimate of drug-likeness (QED) is 0.868. The van der Waals surface area contributed by atoms with E-state index in [9.17, 15) is 22.8 Å². The minimum absolute atomic E-state index is 0.0319. The number of hydrogen-bond donors (Lipinski definition) is 1. The Bertz CT molecular complexity index is 824. The lowest BCUT2D eigenvalue weighted by Gasteiger charge is -2.16. The summed E-state index contributed by atoms with van der Waals surface area (Å²) in [6, 6.07) is 6.65. The van der Waals surface area contributed by atoms with Crippen LogP contribution in [0.5, 0.6) is 0 Å². The summed E-state index contributed by atoms with van der Waals surface area (Å²) < 4.78 is 37.6. The number of benzene rings is 1. The number of nitrogens with one attached hydrogen (secondary N) is 1. The van der Waals surface area contributed by atoms with Gasteiger partial charge in [-0.25, -0.2) is 4.98 Å². The summed E-state index contributed by atoms with van der Waals surface area (Å²) in [5, 5.41) is 3.48. The second-order valence-corrected chi connectivity index (χ2v) is 6.70. The van der Waals surface area contributed by atoms with E-state index in [0.717, 1.165) is 5.38 Å². The summed E-state index contributed by atoms with van der Waals surface area (Å²) in [5.41, 5.74) is -0.489. The van der Waals surface area contributed by atoms with E-state index in [4.69, 9.17) is 11.6 Å². The largest absolute Gasteiger partial charge is 0.434 e. The van der Waals surface area contributed by atoms with Crippen molar-refractivity contribution in [3.63, 3.8) is 0 Å². The number of thiazole rings is 1. The van der Waals surface area contributed by atoms with Crippen LogP contribution in [-0.2, 0) is 15.8 Å². The van der Waals surface area contributed by atoms with Gasteiger partial charge in [-0.2, -0.15) is 13.2 Å². The highest BCUT2D eigenvalue weighted by atomic mass is 35.5. The average molecular weight is 390 g/mol. The van der Waals surface area contributed by atoms with Gasteiger partial charge in [-0.3, -0.25) is 9.59 Å². The van der Waals surface area contributed by atoms with E-state index in [2.05, 4.69) is 10.3 Å². The highest BCUT2D eigenvalue weighted by Crippen LogP contribution is 2.32. The Hall–Kier alpha value is -2.13. The fraction of sp³-hybridized carbons (Fsp3) is 0.267. The zero-order valence-corrected chi connectivity index (χ0v) is 14.1.